The SMILES string of the molecule is C.C.C.CC1(B(O)O)CC1COCc1ccccc1.CC1(C)CCC(C)(C)c2cc(Br)ccc21.CC1(C)CCC(C)(C)c2cc(C3(C)CC3COCc3ccccc3)ccc21. The van der Waals surface area contributed by atoms with Crippen LogP contribution in [-0.4, -0.2) is 30.4 Å². The molecule has 4 aliphatic carbocycles. The van der Waals surface area contributed by atoms with Gasteiger partial charge in [0, 0.05) is 16.4 Å². The molecule has 8 rings (SSSR count). The fourth-order valence-corrected chi connectivity index (χ4v) is 9.74. The Kier molecular flexibility index (Phi) is 17.6. The van der Waals surface area contributed by atoms with Crippen LogP contribution in [0.3, 0.4) is 0 Å². The number of rotatable bonds is 10. The van der Waals surface area contributed by atoms with E-state index in [0.717, 1.165) is 25.2 Å². The van der Waals surface area contributed by atoms with Gasteiger partial charge < -0.3 is 19.5 Å². The van der Waals surface area contributed by atoms with E-state index in [0.29, 0.717) is 35.4 Å². The van der Waals surface area contributed by atoms with Crippen molar-refractivity contribution in [1.29, 1.82) is 0 Å². The lowest BCUT2D eigenvalue weighted by Gasteiger charge is -2.42. The van der Waals surface area contributed by atoms with Crippen molar-refractivity contribution in [2.24, 2.45) is 11.8 Å². The lowest BCUT2D eigenvalue weighted by atomic mass is 9.62. The molecular formula is C55H82BBrO4. The summed E-state index contributed by atoms with van der Waals surface area (Å²) in [6, 6.07) is 34.6. The zero-order chi connectivity index (χ0) is 42.1. The van der Waals surface area contributed by atoms with Crippen LogP contribution in [0.15, 0.2) is 102 Å². The maximum absolute atomic E-state index is 9.14. The maximum atomic E-state index is 9.14. The first-order valence-corrected chi connectivity index (χ1v) is 22.5. The van der Waals surface area contributed by atoms with Crippen LogP contribution in [-0.2, 0) is 49.8 Å². The van der Waals surface area contributed by atoms with E-state index in [1.54, 1.807) is 11.1 Å². The Hall–Kier alpha value is -2.74. The van der Waals surface area contributed by atoms with Crippen molar-refractivity contribution in [1.82, 2.24) is 0 Å². The molecule has 0 aromatic heterocycles. The molecule has 2 fully saturated rings. The monoisotopic (exact) mass is 897 g/mol. The van der Waals surface area contributed by atoms with E-state index < -0.39 is 7.12 Å². The summed E-state index contributed by atoms with van der Waals surface area (Å²) in [7, 11) is -1.22. The number of benzene rings is 4. The van der Waals surface area contributed by atoms with E-state index in [4.69, 9.17) is 19.5 Å². The maximum Gasteiger partial charge on any atom is 0.458 e. The average molecular weight is 898 g/mol. The summed E-state index contributed by atoms with van der Waals surface area (Å²) in [6.07, 6.45) is 7.19. The number of hydrogen-bond donors (Lipinski definition) is 2. The molecule has 4 aromatic rings. The first kappa shape index (κ1) is 52.6. The fraction of sp³-hybridized carbons (Fsp3) is 0.564. The number of hydrogen-bond acceptors (Lipinski definition) is 4. The zero-order valence-corrected chi connectivity index (χ0v) is 38.7. The molecule has 0 spiro atoms. The molecule has 0 heterocycles. The van der Waals surface area contributed by atoms with Gasteiger partial charge in [-0.25, -0.2) is 0 Å². The molecule has 4 unspecified atom stereocenters. The summed E-state index contributed by atoms with van der Waals surface area (Å²) < 4.78 is 12.8. The smallest absolute Gasteiger partial charge is 0.427 e. The minimum absolute atomic E-state index is 0. The van der Waals surface area contributed by atoms with Gasteiger partial charge in [-0.05, 0) is 129 Å². The Labute approximate surface area is 381 Å². The summed E-state index contributed by atoms with van der Waals surface area (Å²) in [5.74, 6) is 0.912. The third-order valence-electron chi connectivity index (χ3n) is 14.6. The molecule has 2 N–H and O–H groups in total. The van der Waals surface area contributed by atoms with E-state index in [9.17, 15) is 0 Å². The van der Waals surface area contributed by atoms with E-state index in [-0.39, 0.29) is 44.3 Å². The third-order valence-corrected chi connectivity index (χ3v) is 15.1. The van der Waals surface area contributed by atoms with E-state index in [2.05, 4.69) is 145 Å². The Bertz CT molecular complexity index is 1990. The van der Waals surface area contributed by atoms with E-state index in [1.807, 2.05) is 37.3 Å². The van der Waals surface area contributed by atoms with Crippen molar-refractivity contribution in [3.05, 3.63) is 140 Å². The second-order valence-corrected chi connectivity index (χ2v) is 22.0. The summed E-state index contributed by atoms with van der Waals surface area (Å²) >= 11 is 3.58. The van der Waals surface area contributed by atoms with Gasteiger partial charge in [0.1, 0.15) is 0 Å². The Morgan fingerprint density at radius 3 is 1.38 bits per heavy atom. The predicted molar refractivity (Wildman–Crippen MR) is 266 cm³/mol. The van der Waals surface area contributed by atoms with Crippen molar-refractivity contribution < 1.29 is 19.5 Å². The van der Waals surface area contributed by atoms with Gasteiger partial charge in [-0.3, -0.25) is 0 Å². The van der Waals surface area contributed by atoms with Gasteiger partial charge >= 0.3 is 7.12 Å². The van der Waals surface area contributed by atoms with Gasteiger partial charge in [0.25, 0.3) is 0 Å². The third kappa shape index (κ3) is 12.3. The topological polar surface area (TPSA) is 58.9 Å². The van der Waals surface area contributed by atoms with Crippen LogP contribution in [0, 0.1) is 11.8 Å². The zero-order valence-electron chi connectivity index (χ0n) is 37.1. The average Bonchev–Trinajstić information content (AvgIpc) is 4.07. The second-order valence-electron chi connectivity index (χ2n) is 21.1. The molecule has 4 nitrogen and oxygen atoms in total. The van der Waals surface area contributed by atoms with Crippen molar-refractivity contribution in [3.63, 3.8) is 0 Å². The lowest BCUT2D eigenvalue weighted by Crippen LogP contribution is -2.34. The molecule has 6 heteroatoms. The number of fused-ring (bicyclic) bond motifs is 2. The Morgan fingerprint density at radius 1 is 0.525 bits per heavy atom. The highest BCUT2D eigenvalue weighted by atomic mass is 79.9. The van der Waals surface area contributed by atoms with Gasteiger partial charge in [0.05, 0.1) is 19.8 Å². The Balaban J connectivity index is 0.000000253. The summed E-state index contributed by atoms with van der Waals surface area (Å²) in [5, 5.41) is 17.9. The van der Waals surface area contributed by atoms with Crippen LogP contribution in [0.4, 0.5) is 0 Å². The minimum Gasteiger partial charge on any atom is -0.427 e. The number of ether oxygens (including phenoxy) is 2. The number of halogens is 1. The van der Waals surface area contributed by atoms with Crippen LogP contribution in [0.5, 0.6) is 0 Å². The largest absolute Gasteiger partial charge is 0.458 e. The van der Waals surface area contributed by atoms with Crippen LogP contribution in [0.2, 0.25) is 5.31 Å². The van der Waals surface area contributed by atoms with Crippen molar-refractivity contribution in [3.8, 4) is 0 Å². The molecular weight excluding hydrogens is 815 g/mol. The molecule has 0 bridgehead atoms. The van der Waals surface area contributed by atoms with Gasteiger partial charge in [0.2, 0.25) is 0 Å². The van der Waals surface area contributed by atoms with Crippen LogP contribution in [0.25, 0.3) is 0 Å². The molecule has 61 heavy (non-hydrogen) atoms. The van der Waals surface area contributed by atoms with Gasteiger partial charge in [-0.15, -0.1) is 0 Å². The minimum atomic E-state index is -1.22. The summed E-state index contributed by atoms with van der Waals surface area (Å²) in [6.45, 7) is 26.1. The van der Waals surface area contributed by atoms with Crippen LogP contribution >= 0.6 is 15.9 Å². The lowest BCUT2D eigenvalue weighted by molar-refractivity contribution is 0.106. The fourth-order valence-electron chi connectivity index (χ4n) is 9.38. The normalized spacial score (nSPS) is 25.1. The standard InChI is InChI=1S/C26H34O.C14H19Br.C12H17BO3.3CH4/c1-24(2)13-14-25(3,4)23-15-20(11-12-22(23)24)26(5)16-21(26)18-27-17-19-9-7-6-8-10-19;1-13(2)7-8-14(3,4)12-9-10(15)5-6-11(12)13;1-12(13(14)15)7-11(12)9-16-8-10-5-3-2-4-6-10;;;/h6-12,15,21H,13-14,16-18H2,1-5H3;5-6,9H,7-8H2,1-4H3;2-6,11,14-15H,7-9H2,1H3;3*1H4. The molecule has 0 saturated heterocycles. The van der Waals surface area contributed by atoms with Crippen molar-refractivity contribution >= 4 is 23.0 Å². The molecule has 4 atom stereocenters. The van der Waals surface area contributed by atoms with Gasteiger partial charge in [-0.1, -0.05) is 192 Å². The first-order valence-electron chi connectivity index (χ1n) is 21.7. The highest BCUT2D eigenvalue weighted by Gasteiger charge is 2.58. The predicted octanol–water partition coefficient (Wildman–Crippen LogP) is 14.7. The summed E-state index contributed by atoms with van der Waals surface area (Å²) in [4.78, 5) is 0. The van der Waals surface area contributed by atoms with E-state index in [1.165, 1.54) is 58.8 Å². The molecule has 336 valence electrons. The van der Waals surface area contributed by atoms with Crippen LogP contribution < -0.4 is 0 Å². The molecule has 2 saturated carbocycles. The van der Waals surface area contributed by atoms with E-state index >= 15 is 0 Å². The van der Waals surface area contributed by atoms with Gasteiger partial charge in [-0.2, -0.15) is 0 Å². The molecule has 0 radical (unpaired) electrons. The molecule has 4 aliphatic rings. The molecule has 0 aliphatic heterocycles. The van der Waals surface area contributed by atoms with Crippen LogP contribution in [0.1, 0.15) is 169 Å². The highest BCUT2D eigenvalue weighted by Crippen LogP contribution is 2.60. The molecule has 0 amide bonds. The molecule has 4 aromatic carbocycles. The van der Waals surface area contributed by atoms with Crippen molar-refractivity contribution in [2.45, 2.75) is 176 Å². The Morgan fingerprint density at radius 2 is 0.934 bits per heavy atom. The first-order chi connectivity index (χ1) is 27.2. The highest BCUT2D eigenvalue weighted by molar-refractivity contribution is 9.10. The summed E-state index contributed by atoms with van der Waals surface area (Å²) in [5.41, 5.74) is 11.6. The van der Waals surface area contributed by atoms with Crippen molar-refractivity contribution in [2.75, 3.05) is 13.2 Å². The quantitative estimate of drug-likeness (QED) is 0.156. The van der Waals surface area contributed by atoms with Gasteiger partial charge in [0.15, 0.2) is 0 Å². The second kappa shape index (κ2) is 20.4.